The largest absolute Gasteiger partial charge is 0.354 e. The highest BCUT2D eigenvalue weighted by Crippen LogP contribution is 2.20. The zero-order valence-electron chi connectivity index (χ0n) is 13.8. The van der Waals surface area contributed by atoms with E-state index in [9.17, 15) is 24.5 Å². The topological polar surface area (TPSA) is 111 Å². The number of nitrogens with zero attached hydrogens (tertiary/aromatic N) is 2. The van der Waals surface area contributed by atoms with Crippen LogP contribution in [-0.2, 0) is 4.79 Å². The molecule has 0 aliphatic heterocycles. The molecule has 1 atom stereocenters. The molecule has 0 saturated carbocycles. The fourth-order valence-corrected chi connectivity index (χ4v) is 2.49. The first-order chi connectivity index (χ1) is 12.3. The summed E-state index contributed by atoms with van der Waals surface area (Å²) in [6.45, 7) is 2.15. The predicted octanol–water partition coefficient (Wildman–Crippen LogP) is 2.36. The average molecular weight is 378 g/mol. The normalized spacial score (nSPS) is 11.6. The van der Waals surface area contributed by atoms with Crippen LogP contribution in [0.4, 0.5) is 5.69 Å². The Labute approximate surface area is 153 Å². The predicted molar refractivity (Wildman–Crippen MR) is 95.5 cm³/mol. The number of nitro groups is 1. The number of nitrogens with one attached hydrogen (secondary N) is 1. The molecular formula is C17H16ClN3O5. The Hall–Kier alpha value is -3.00. The molecule has 1 aromatic heterocycles. The Balaban J connectivity index is 2.53. The third-order valence-electron chi connectivity index (χ3n) is 3.57. The van der Waals surface area contributed by atoms with Gasteiger partial charge in [0, 0.05) is 36.5 Å². The van der Waals surface area contributed by atoms with Gasteiger partial charge in [-0.25, -0.2) is 0 Å². The maximum Gasteiger partial charge on any atom is 0.270 e. The van der Waals surface area contributed by atoms with E-state index in [-0.39, 0.29) is 16.3 Å². The summed E-state index contributed by atoms with van der Waals surface area (Å²) in [5, 5.41) is 13.7. The van der Waals surface area contributed by atoms with Crippen LogP contribution >= 0.6 is 11.6 Å². The number of aromatic nitrogens is 1. The van der Waals surface area contributed by atoms with Crippen molar-refractivity contribution < 1.29 is 14.5 Å². The third kappa shape index (κ3) is 4.34. The second kappa shape index (κ2) is 8.39. The molecule has 0 fully saturated rings. The number of halogens is 1. The molecule has 0 aliphatic carbocycles. The SMILES string of the molecule is CCCNC(=O)C(C(=O)c1cccc([N+](=O)[O-])c1)n1cc(Cl)ccc1=O. The van der Waals surface area contributed by atoms with Crippen LogP contribution in [0.2, 0.25) is 5.02 Å². The van der Waals surface area contributed by atoms with Crippen LogP contribution in [0, 0.1) is 10.1 Å². The lowest BCUT2D eigenvalue weighted by Crippen LogP contribution is -2.41. The van der Waals surface area contributed by atoms with E-state index >= 15 is 0 Å². The summed E-state index contributed by atoms with van der Waals surface area (Å²) in [7, 11) is 0. The van der Waals surface area contributed by atoms with E-state index in [0.717, 1.165) is 16.7 Å². The number of Topliss-reactive ketones (excluding diaryl/α,β-unsaturated/α-hetero) is 1. The van der Waals surface area contributed by atoms with Gasteiger partial charge in [0.25, 0.3) is 17.2 Å². The Bertz CT molecular complexity index is 909. The first kappa shape index (κ1) is 19.3. The van der Waals surface area contributed by atoms with Crippen molar-refractivity contribution in [3.8, 4) is 0 Å². The Morgan fingerprint density at radius 1 is 1.31 bits per heavy atom. The fourth-order valence-electron chi connectivity index (χ4n) is 2.33. The molecule has 136 valence electrons. The molecule has 2 aromatic rings. The molecule has 26 heavy (non-hydrogen) atoms. The van der Waals surface area contributed by atoms with Gasteiger partial charge >= 0.3 is 0 Å². The van der Waals surface area contributed by atoms with Gasteiger partial charge in [-0.1, -0.05) is 30.7 Å². The molecule has 1 amide bonds. The summed E-state index contributed by atoms with van der Waals surface area (Å²) in [4.78, 5) is 47.9. The van der Waals surface area contributed by atoms with Crippen LogP contribution in [0.25, 0.3) is 0 Å². The number of carbonyl (C=O) groups excluding carboxylic acids is 2. The van der Waals surface area contributed by atoms with E-state index in [1.54, 1.807) is 0 Å². The minimum absolute atomic E-state index is 0.0530. The van der Waals surface area contributed by atoms with Gasteiger partial charge in [0.15, 0.2) is 11.8 Å². The van der Waals surface area contributed by atoms with Gasteiger partial charge < -0.3 is 5.32 Å². The van der Waals surface area contributed by atoms with Crippen molar-refractivity contribution in [3.63, 3.8) is 0 Å². The molecule has 0 bridgehead atoms. The molecule has 1 unspecified atom stereocenters. The van der Waals surface area contributed by atoms with Crippen LogP contribution in [0.3, 0.4) is 0 Å². The summed E-state index contributed by atoms with van der Waals surface area (Å²) in [5.74, 6) is -1.43. The van der Waals surface area contributed by atoms with Gasteiger partial charge in [0.05, 0.1) is 9.95 Å². The number of rotatable bonds is 7. The molecule has 1 aromatic carbocycles. The highest BCUT2D eigenvalue weighted by molar-refractivity contribution is 6.30. The Kier molecular flexibility index (Phi) is 6.24. The summed E-state index contributed by atoms with van der Waals surface area (Å²) >= 11 is 5.90. The van der Waals surface area contributed by atoms with Crippen molar-refractivity contribution in [2.45, 2.75) is 19.4 Å². The molecular weight excluding hydrogens is 362 g/mol. The smallest absolute Gasteiger partial charge is 0.270 e. The van der Waals surface area contributed by atoms with Crippen LogP contribution in [0.1, 0.15) is 29.7 Å². The number of nitro benzene ring substituents is 1. The van der Waals surface area contributed by atoms with Gasteiger partial charge in [-0.2, -0.15) is 0 Å². The second-order valence-corrected chi connectivity index (χ2v) is 5.89. The van der Waals surface area contributed by atoms with Gasteiger partial charge in [0.2, 0.25) is 0 Å². The van der Waals surface area contributed by atoms with E-state index in [2.05, 4.69) is 5.32 Å². The summed E-state index contributed by atoms with van der Waals surface area (Å²) < 4.78 is 0.925. The van der Waals surface area contributed by atoms with Crippen LogP contribution in [-0.4, -0.2) is 27.7 Å². The monoisotopic (exact) mass is 377 g/mol. The highest BCUT2D eigenvalue weighted by atomic mass is 35.5. The van der Waals surface area contributed by atoms with E-state index in [4.69, 9.17) is 11.6 Å². The minimum atomic E-state index is -1.52. The van der Waals surface area contributed by atoms with Crippen LogP contribution in [0.15, 0.2) is 47.4 Å². The quantitative estimate of drug-likeness (QED) is 0.344. The maximum absolute atomic E-state index is 12.9. The molecule has 1 N–H and O–H groups in total. The number of amides is 1. The number of ketones is 1. The van der Waals surface area contributed by atoms with Crippen molar-refractivity contribution in [2.75, 3.05) is 6.54 Å². The van der Waals surface area contributed by atoms with Crippen molar-refractivity contribution in [1.82, 2.24) is 9.88 Å². The summed E-state index contributed by atoms with van der Waals surface area (Å²) in [6, 6.07) is 5.96. The molecule has 0 spiro atoms. The zero-order chi connectivity index (χ0) is 19.3. The number of carbonyl (C=O) groups is 2. The number of benzene rings is 1. The van der Waals surface area contributed by atoms with Gasteiger partial charge in [-0.3, -0.25) is 29.1 Å². The van der Waals surface area contributed by atoms with E-state index in [1.165, 1.54) is 30.5 Å². The van der Waals surface area contributed by atoms with E-state index in [1.807, 2.05) is 6.92 Å². The summed E-state index contributed by atoms with van der Waals surface area (Å²) in [5.41, 5.74) is -0.936. The van der Waals surface area contributed by atoms with Crippen molar-refractivity contribution in [3.05, 3.63) is 73.6 Å². The van der Waals surface area contributed by atoms with Gasteiger partial charge in [-0.05, 0) is 12.5 Å². The van der Waals surface area contributed by atoms with Crippen molar-refractivity contribution in [2.24, 2.45) is 0 Å². The second-order valence-electron chi connectivity index (χ2n) is 5.46. The lowest BCUT2D eigenvalue weighted by atomic mass is 10.0. The lowest BCUT2D eigenvalue weighted by Gasteiger charge is -2.18. The van der Waals surface area contributed by atoms with Crippen molar-refractivity contribution >= 4 is 29.0 Å². The molecule has 0 radical (unpaired) electrons. The van der Waals surface area contributed by atoms with Gasteiger partial charge in [0.1, 0.15) is 0 Å². The third-order valence-corrected chi connectivity index (χ3v) is 3.79. The summed E-state index contributed by atoms with van der Waals surface area (Å²) in [6.07, 6.45) is 1.82. The molecule has 0 saturated heterocycles. The average Bonchev–Trinajstić information content (AvgIpc) is 2.63. The maximum atomic E-state index is 12.9. The molecule has 9 heteroatoms. The van der Waals surface area contributed by atoms with Crippen LogP contribution in [0.5, 0.6) is 0 Å². The fraction of sp³-hybridized carbons (Fsp3) is 0.235. The number of pyridine rings is 1. The molecule has 8 nitrogen and oxygen atoms in total. The van der Waals surface area contributed by atoms with E-state index < -0.39 is 28.2 Å². The van der Waals surface area contributed by atoms with Gasteiger partial charge in [-0.15, -0.1) is 0 Å². The lowest BCUT2D eigenvalue weighted by molar-refractivity contribution is -0.384. The van der Waals surface area contributed by atoms with E-state index in [0.29, 0.717) is 13.0 Å². The van der Waals surface area contributed by atoms with Crippen LogP contribution < -0.4 is 10.9 Å². The molecule has 0 aliphatic rings. The first-order valence-corrected chi connectivity index (χ1v) is 8.17. The minimum Gasteiger partial charge on any atom is -0.354 e. The highest BCUT2D eigenvalue weighted by Gasteiger charge is 2.30. The number of hydrogen-bond acceptors (Lipinski definition) is 5. The number of non-ortho nitro benzene ring substituents is 1. The van der Waals surface area contributed by atoms with Crippen molar-refractivity contribution in [1.29, 1.82) is 0 Å². The Morgan fingerprint density at radius 2 is 2.04 bits per heavy atom. The zero-order valence-corrected chi connectivity index (χ0v) is 14.6. The Morgan fingerprint density at radius 3 is 2.69 bits per heavy atom. The molecule has 2 rings (SSSR count). The first-order valence-electron chi connectivity index (χ1n) is 7.79. The standard InChI is InChI=1S/C17H16ClN3O5/c1-2-8-19-17(24)15(20-10-12(18)6-7-14(20)22)16(23)11-4-3-5-13(9-11)21(25)26/h3-7,9-10,15H,2,8H2,1H3,(H,19,24). The number of hydrogen-bond donors (Lipinski definition) is 1. The molecule has 1 heterocycles.